The molecule has 0 saturated heterocycles. The average molecular weight is 244 g/mol. The van der Waals surface area contributed by atoms with Crippen LogP contribution in [0.3, 0.4) is 0 Å². The number of rotatable bonds is 4. The summed E-state index contributed by atoms with van der Waals surface area (Å²) < 4.78 is 4.89. The molecule has 0 aliphatic rings. The molecule has 5 heteroatoms. The molecule has 2 rings (SSSR count). The van der Waals surface area contributed by atoms with E-state index < -0.39 is 0 Å². The highest BCUT2D eigenvalue weighted by Crippen LogP contribution is 2.16. The van der Waals surface area contributed by atoms with E-state index in [1.807, 2.05) is 0 Å². The van der Waals surface area contributed by atoms with E-state index in [1.165, 1.54) is 6.20 Å². The highest BCUT2D eigenvalue weighted by molar-refractivity contribution is 5.89. The Morgan fingerprint density at radius 3 is 2.67 bits per heavy atom. The number of imidazole rings is 1. The van der Waals surface area contributed by atoms with Crippen molar-refractivity contribution in [2.75, 3.05) is 6.61 Å². The van der Waals surface area contributed by atoms with Gasteiger partial charge in [0.15, 0.2) is 6.29 Å². The molecule has 0 bridgehead atoms. The fraction of sp³-hybridized carbons (Fsp3) is 0.154. The highest BCUT2D eigenvalue weighted by atomic mass is 16.5. The second-order valence-electron chi connectivity index (χ2n) is 3.60. The zero-order chi connectivity index (χ0) is 13.0. The standard InChI is InChI=1S/C13H12N2O3/c1-2-18-13(17)10-5-3-9(4-6-10)12-14-7-11(8-16)15-12/h3-8H,2H2,1H3,(H,14,15). The fourth-order valence-electron chi connectivity index (χ4n) is 1.52. The van der Waals surface area contributed by atoms with Gasteiger partial charge in [-0.1, -0.05) is 12.1 Å². The monoisotopic (exact) mass is 244 g/mol. The van der Waals surface area contributed by atoms with Gasteiger partial charge in [-0.3, -0.25) is 4.79 Å². The summed E-state index contributed by atoms with van der Waals surface area (Å²) in [6.07, 6.45) is 2.16. The lowest BCUT2D eigenvalue weighted by Gasteiger charge is -2.02. The van der Waals surface area contributed by atoms with Crippen molar-refractivity contribution < 1.29 is 14.3 Å². The van der Waals surface area contributed by atoms with Gasteiger partial charge in [0, 0.05) is 5.56 Å². The molecule has 0 saturated carbocycles. The van der Waals surface area contributed by atoms with Gasteiger partial charge >= 0.3 is 5.97 Å². The van der Waals surface area contributed by atoms with Crippen LogP contribution in [0.2, 0.25) is 0 Å². The maximum atomic E-state index is 11.5. The minimum Gasteiger partial charge on any atom is -0.462 e. The SMILES string of the molecule is CCOC(=O)c1ccc(-c2ncc(C=O)[nH]2)cc1. The summed E-state index contributed by atoms with van der Waals surface area (Å²) in [5, 5.41) is 0. The van der Waals surface area contributed by atoms with Crippen molar-refractivity contribution in [1.29, 1.82) is 0 Å². The van der Waals surface area contributed by atoms with Crippen molar-refractivity contribution >= 4 is 12.3 Å². The number of nitrogens with one attached hydrogen (secondary N) is 1. The molecule has 92 valence electrons. The summed E-state index contributed by atoms with van der Waals surface area (Å²) in [6.45, 7) is 2.11. The van der Waals surface area contributed by atoms with Crippen LogP contribution < -0.4 is 0 Å². The zero-order valence-electron chi connectivity index (χ0n) is 9.84. The Morgan fingerprint density at radius 1 is 1.39 bits per heavy atom. The molecule has 5 nitrogen and oxygen atoms in total. The van der Waals surface area contributed by atoms with E-state index in [0.717, 1.165) is 5.56 Å². The van der Waals surface area contributed by atoms with Crippen LogP contribution in [-0.2, 0) is 4.74 Å². The second-order valence-corrected chi connectivity index (χ2v) is 3.60. The molecule has 1 aromatic carbocycles. The third-order valence-electron chi connectivity index (χ3n) is 2.39. The number of carbonyl (C=O) groups excluding carboxylic acids is 2. The van der Waals surface area contributed by atoms with E-state index >= 15 is 0 Å². The number of hydrogen-bond donors (Lipinski definition) is 1. The molecule has 1 aromatic heterocycles. The first kappa shape index (κ1) is 12.0. The van der Waals surface area contributed by atoms with Crippen LogP contribution in [0.15, 0.2) is 30.5 Å². The molecule has 0 unspecified atom stereocenters. The topological polar surface area (TPSA) is 72.0 Å². The highest BCUT2D eigenvalue weighted by Gasteiger charge is 2.07. The first-order chi connectivity index (χ1) is 8.74. The predicted molar refractivity (Wildman–Crippen MR) is 65.4 cm³/mol. The Labute approximate surface area is 104 Å². The normalized spacial score (nSPS) is 10.1. The number of carbonyl (C=O) groups is 2. The van der Waals surface area contributed by atoms with Crippen molar-refractivity contribution in [2.24, 2.45) is 0 Å². The predicted octanol–water partition coefficient (Wildman–Crippen LogP) is 2.07. The smallest absolute Gasteiger partial charge is 0.338 e. The van der Waals surface area contributed by atoms with Crippen molar-refractivity contribution in [2.45, 2.75) is 6.92 Å². The number of ether oxygens (including phenoxy) is 1. The van der Waals surface area contributed by atoms with Gasteiger partial charge in [0.2, 0.25) is 0 Å². The molecular weight excluding hydrogens is 232 g/mol. The minimum atomic E-state index is -0.350. The van der Waals surface area contributed by atoms with Crippen LogP contribution in [0.25, 0.3) is 11.4 Å². The second kappa shape index (κ2) is 5.27. The lowest BCUT2D eigenvalue weighted by Crippen LogP contribution is -2.04. The van der Waals surface area contributed by atoms with Gasteiger partial charge < -0.3 is 9.72 Å². The van der Waals surface area contributed by atoms with Crippen LogP contribution in [-0.4, -0.2) is 28.8 Å². The molecule has 18 heavy (non-hydrogen) atoms. The first-order valence-corrected chi connectivity index (χ1v) is 5.52. The third-order valence-corrected chi connectivity index (χ3v) is 2.39. The molecule has 0 aliphatic carbocycles. The van der Waals surface area contributed by atoms with E-state index in [9.17, 15) is 9.59 Å². The van der Waals surface area contributed by atoms with Gasteiger partial charge in [-0.05, 0) is 19.1 Å². The van der Waals surface area contributed by atoms with Gasteiger partial charge in [0.25, 0.3) is 0 Å². The third kappa shape index (κ3) is 2.45. The molecule has 0 atom stereocenters. The Hall–Kier alpha value is -2.43. The lowest BCUT2D eigenvalue weighted by atomic mass is 10.1. The summed E-state index contributed by atoms with van der Waals surface area (Å²) >= 11 is 0. The molecule has 0 fully saturated rings. The summed E-state index contributed by atoms with van der Waals surface area (Å²) in [4.78, 5) is 28.9. The van der Waals surface area contributed by atoms with Gasteiger partial charge in [-0.25, -0.2) is 9.78 Å². The molecule has 0 aliphatic heterocycles. The fourth-order valence-corrected chi connectivity index (χ4v) is 1.52. The van der Waals surface area contributed by atoms with Crippen molar-refractivity contribution in [1.82, 2.24) is 9.97 Å². The minimum absolute atomic E-state index is 0.349. The van der Waals surface area contributed by atoms with Gasteiger partial charge in [-0.15, -0.1) is 0 Å². The van der Waals surface area contributed by atoms with Crippen molar-refractivity contribution in [3.8, 4) is 11.4 Å². The number of hydrogen-bond acceptors (Lipinski definition) is 4. The van der Waals surface area contributed by atoms with E-state index in [-0.39, 0.29) is 5.97 Å². The zero-order valence-corrected chi connectivity index (χ0v) is 9.84. The Morgan fingerprint density at radius 2 is 2.11 bits per heavy atom. The number of esters is 1. The molecule has 0 amide bonds. The maximum Gasteiger partial charge on any atom is 0.338 e. The number of aldehydes is 1. The van der Waals surface area contributed by atoms with E-state index in [1.54, 1.807) is 31.2 Å². The number of H-pyrrole nitrogens is 1. The first-order valence-electron chi connectivity index (χ1n) is 5.52. The molecule has 2 aromatic rings. The molecule has 1 heterocycles. The summed E-state index contributed by atoms with van der Waals surface area (Å²) in [5.41, 5.74) is 1.71. The molecule has 0 radical (unpaired) electrons. The Bertz CT molecular complexity index is 558. The number of nitrogens with zero attached hydrogens (tertiary/aromatic N) is 1. The molecule has 0 spiro atoms. The van der Waals surface area contributed by atoms with Gasteiger partial charge in [0.1, 0.15) is 5.82 Å². The quantitative estimate of drug-likeness (QED) is 0.660. The van der Waals surface area contributed by atoms with Crippen LogP contribution >= 0.6 is 0 Å². The van der Waals surface area contributed by atoms with Crippen LogP contribution in [0, 0.1) is 0 Å². The number of aromatic nitrogens is 2. The van der Waals surface area contributed by atoms with E-state index in [0.29, 0.717) is 30.0 Å². The van der Waals surface area contributed by atoms with Crippen molar-refractivity contribution in [3.05, 3.63) is 41.7 Å². The average Bonchev–Trinajstić information content (AvgIpc) is 2.88. The van der Waals surface area contributed by atoms with E-state index in [4.69, 9.17) is 4.74 Å². The van der Waals surface area contributed by atoms with Crippen LogP contribution in [0.5, 0.6) is 0 Å². The van der Waals surface area contributed by atoms with Gasteiger partial charge in [-0.2, -0.15) is 0 Å². The van der Waals surface area contributed by atoms with Crippen LogP contribution in [0.1, 0.15) is 27.8 Å². The molecule has 1 N–H and O–H groups in total. The maximum absolute atomic E-state index is 11.5. The summed E-state index contributed by atoms with van der Waals surface area (Å²) in [5.74, 6) is 0.240. The van der Waals surface area contributed by atoms with Crippen LogP contribution in [0.4, 0.5) is 0 Å². The summed E-state index contributed by atoms with van der Waals surface area (Å²) in [7, 11) is 0. The number of benzene rings is 1. The Balaban J connectivity index is 2.21. The molecular formula is C13H12N2O3. The van der Waals surface area contributed by atoms with Gasteiger partial charge in [0.05, 0.1) is 24.1 Å². The van der Waals surface area contributed by atoms with Crippen molar-refractivity contribution in [3.63, 3.8) is 0 Å². The summed E-state index contributed by atoms with van der Waals surface area (Å²) in [6, 6.07) is 6.83. The van der Waals surface area contributed by atoms with E-state index in [2.05, 4.69) is 9.97 Å². The Kier molecular flexibility index (Phi) is 3.52. The lowest BCUT2D eigenvalue weighted by molar-refractivity contribution is 0.0526. The largest absolute Gasteiger partial charge is 0.462 e. The number of aromatic amines is 1.